The van der Waals surface area contributed by atoms with Crippen LogP contribution in [-0.4, -0.2) is 36.9 Å². The summed E-state index contributed by atoms with van der Waals surface area (Å²) in [6.07, 6.45) is 4.35. The molecule has 33 heavy (non-hydrogen) atoms. The lowest BCUT2D eigenvalue weighted by molar-refractivity contribution is -0.120. The van der Waals surface area contributed by atoms with Crippen molar-refractivity contribution in [2.45, 2.75) is 31.6 Å². The maximum absolute atomic E-state index is 13.4. The molecule has 0 radical (unpaired) electrons. The van der Waals surface area contributed by atoms with Crippen molar-refractivity contribution in [1.29, 1.82) is 0 Å². The van der Waals surface area contributed by atoms with Gasteiger partial charge in [-0.2, -0.15) is 4.31 Å². The largest absolute Gasteiger partial charge is 0.355 e. The van der Waals surface area contributed by atoms with Gasteiger partial charge in [0.05, 0.1) is 0 Å². The Morgan fingerprint density at radius 1 is 1.03 bits per heavy atom. The lowest BCUT2D eigenvalue weighted by Crippen LogP contribution is -2.41. The zero-order chi connectivity index (χ0) is 23.4. The van der Waals surface area contributed by atoms with Crippen LogP contribution >= 0.6 is 0 Å². The SMILES string of the molecule is Cc1ccc(C=Cc2onc(C)c2S(=O)(=O)N2CCC(C(=O)Nc3ccccc3)CC2)cc1. The molecule has 0 atom stereocenters. The molecule has 172 valence electrons. The summed E-state index contributed by atoms with van der Waals surface area (Å²) in [5.74, 6) is -0.112. The zero-order valence-electron chi connectivity index (χ0n) is 18.7. The van der Waals surface area contributed by atoms with Gasteiger partial charge in [0.1, 0.15) is 5.69 Å². The highest BCUT2D eigenvalue weighted by Crippen LogP contribution is 2.29. The smallest absolute Gasteiger partial charge is 0.248 e. The first-order chi connectivity index (χ1) is 15.8. The van der Waals surface area contributed by atoms with Crippen molar-refractivity contribution in [3.05, 3.63) is 77.2 Å². The third kappa shape index (κ3) is 5.23. The number of hydrogen-bond acceptors (Lipinski definition) is 5. The molecular formula is C25H27N3O4S. The van der Waals surface area contributed by atoms with Gasteiger partial charge in [-0.25, -0.2) is 8.42 Å². The van der Waals surface area contributed by atoms with E-state index in [0.29, 0.717) is 18.5 Å². The standard InChI is InChI=1S/C25H27N3O4S/c1-18-8-10-20(11-9-18)12-13-23-24(19(2)27-32-23)33(30,31)28-16-14-21(15-17-28)25(29)26-22-6-4-3-5-7-22/h3-13,21H,14-17H2,1-2H3,(H,26,29). The molecule has 1 aromatic heterocycles. The topological polar surface area (TPSA) is 92.5 Å². The molecule has 0 unspecified atom stereocenters. The van der Waals surface area contributed by atoms with E-state index in [1.165, 1.54) is 4.31 Å². The van der Waals surface area contributed by atoms with Crippen LogP contribution in [-0.2, 0) is 14.8 Å². The third-order valence-electron chi connectivity index (χ3n) is 5.80. The van der Waals surface area contributed by atoms with E-state index in [1.807, 2.05) is 61.5 Å². The van der Waals surface area contributed by atoms with Crippen molar-refractivity contribution in [1.82, 2.24) is 9.46 Å². The minimum absolute atomic E-state index is 0.0815. The maximum Gasteiger partial charge on any atom is 0.248 e. The minimum Gasteiger partial charge on any atom is -0.355 e. The second-order valence-electron chi connectivity index (χ2n) is 8.24. The molecule has 3 aromatic rings. The number of carbonyl (C=O) groups excluding carboxylic acids is 1. The number of benzene rings is 2. The van der Waals surface area contributed by atoms with Gasteiger partial charge in [-0.15, -0.1) is 0 Å². The number of nitrogens with zero attached hydrogens (tertiary/aromatic N) is 2. The summed E-state index contributed by atoms with van der Waals surface area (Å²) in [7, 11) is -3.81. The van der Waals surface area contributed by atoms with Gasteiger partial charge in [-0.05, 0) is 50.5 Å². The second-order valence-corrected chi connectivity index (χ2v) is 10.1. The van der Waals surface area contributed by atoms with Gasteiger partial charge in [0.25, 0.3) is 0 Å². The van der Waals surface area contributed by atoms with Crippen molar-refractivity contribution in [3.8, 4) is 0 Å². The first-order valence-electron chi connectivity index (χ1n) is 10.9. The van der Waals surface area contributed by atoms with Crippen molar-refractivity contribution in [3.63, 3.8) is 0 Å². The number of amides is 1. The summed E-state index contributed by atoms with van der Waals surface area (Å²) >= 11 is 0. The fraction of sp³-hybridized carbons (Fsp3) is 0.280. The highest BCUT2D eigenvalue weighted by Gasteiger charge is 2.35. The Morgan fingerprint density at radius 2 is 1.70 bits per heavy atom. The number of anilines is 1. The Labute approximate surface area is 194 Å². The first kappa shape index (κ1) is 22.9. The number of para-hydroxylation sites is 1. The molecule has 0 bridgehead atoms. The van der Waals surface area contributed by atoms with Crippen LogP contribution in [0.3, 0.4) is 0 Å². The molecule has 4 rings (SSSR count). The summed E-state index contributed by atoms with van der Waals surface area (Å²) in [6.45, 7) is 4.16. The molecule has 0 saturated carbocycles. The van der Waals surface area contributed by atoms with Crippen molar-refractivity contribution in [2.75, 3.05) is 18.4 Å². The zero-order valence-corrected chi connectivity index (χ0v) is 19.5. The van der Waals surface area contributed by atoms with Crippen LogP contribution in [0.1, 0.15) is 35.4 Å². The molecule has 0 spiro atoms. The van der Waals surface area contributed by atoms with Gasteiger partial charge in [0, 0.05) is 24.7 Å². The Balaban J connectivity index is 1.45. The average molecular weight is 466 g/mol. The third-order valence-corrected chi connectivity index (χ3v) is 7.86. The minimum atomic E-state index is -3.81. The predicted molar refractivity (Wildman–Crippen MR) is 128 cm³/mol. The Bertz CT molecular complexity index is 1240. The lowest BCUT2D eigenvalue weighted by Gasteiger charge is -2.30. The molecule has 2 aromatic carbocycles. The van der Waals surface area contributed by atoms with Crippen molar-refractivity contribution in [2.24, 2.45) is 5.92 Å². The molecule has 1 aliphatic rings. The average Bonchev–Trinajstić information content (AvgIpc) is 3.20. The fourth-order valence-electron chi connectivity index (χ4n) is 3.90. The molecule has 1 amide bonds. The number of piperidine rings is 1. The number of nitrogens with one attached hydrogen (secondary N) is 1. The molecule has 0 aliphatic carbocycles. The molecule has 7 nitrogen and oxygen atoms in total. The van der Waals surface area contributed by atoms with Gasteiger partial charge >= 0.3 is 0 Å². The highest BCUT2D eigenvalue weighted by atomic mass is 32.2. The number of aromatic nitrogens is 1. The normalized spacial score (nSPS) is 15.7. The summed E-state index contributed by atoms with van der Waals surface area (Å²) in [6, 6.07) is 17.1. The molecule has 1 aliphatic heterocycles. The number of aryl methyl sites for hydroxylation is 2. The number of carbonyl (C=O) groups is 1. The van der Waals surface area contributed by atoms with E-state index < -0.39 is 10.0 Å². The van der Waals surface area contributed by atoms with Gasteiger partial charge in [-0.1, -0.05) is 59.3 Å². The Morgan fingerprint density at radius 3 is 2.36 bits per heavy atom. The molecular weight excluding hydrogens is 438 g/mol. The number of rotatable bonds is 6. The van der Waals surface area contributed by atoms with Gasteiger partial charge in [-0.3, -0.25) is 4.79 Å². The second kappa shape index (κ2) is 9.72. The summed E-state index contributed by atoms with van der Waals surface area (Å²) < 4.78 is 33.6. The van der Waals surface area contributed by atoms with E-state index in [0.717, 1.165) is 16.8 Å². The molecule has 1 saturated heterocycles. The van der Waals surface area contributed by atoms with Crippen LogP contribution in [0.4, 0.5) is 5.69 Å². The van der Waals surface area contributed by atoms with E-state index >= 15 is 0 Å². The Kier molecular flexibility index (Phi) is 6.76. The molecule has 1 fully saturated rings. The number of sulfonamides is 1. The van der Waals surface area contributed by atoms with Crippen LogP contribution in [0, 0.1) is 19.8 Å². The fourth-order valence-corrected chi connectivity index (χ4v) is 5.62. The quantitative estimate of drug-likeness (QED) is 0.579. The van der Waals surface area contributed by atoms with Gasteiger partial charge in [0.15, 0.2) is 10.7 Å². The summed E-state index contributed by atoms with van der Waals surface area (Å²) in [5, 5.41) is 6.80. The molecule has 2 heterocycles. The maximum atomic E-state index is 13.4. The number of hydrogen-bond donors (Lipinski definition) is 1. The van der Waals surface area contributed by atoms with Crippen LogP contribution in [0.2, 0.25) is 0 Å². The first-order valence-corrected chi connectivity index (χ1v) is 12.4. The van der Waals surface area contributed by atoms with E-state index in [-0.39, 0.29) is 35.6 Å². The van der Waals surface area contributed by atoms with Crippen LogP contribution in [0.25, 0.3) is 12.2 Å². The van der Waals surface area contributed by atoms with Crippen molar-refractivity contribution >= 4 is 33.8 Å². The summed E-state index contributed by atoms with van der Waals surface area (Å²) in [5.41, 5.74) is 3.14. The van der Waals surface area contributed by atoms with E-state index in [9.17, 15) is 13.2 Å². The molecule has 1 N–H and O–H groups in total. The van der Waals surface area contributed by atoms with Crippen LogP contribution in [0.5, 0.6) is 0 Å². The van der Waals surface area contributed by atoms with E-state index in [1.54, 1.807) is 19.1 Å². The van der Waals surface area contributed by atoms with E-state index in [2.05, 4.69) is 10.5 Å². The van der Waals surface area contributed by atoms with E-state index in [4.69, 9.17) is 4.52 Å². The monoisotopic (exact) mass is 465 g/mol. The van der Waals surface area contributed by atoms with Crippen molar-refractivity contribution < 1.29 is 17.7 Å². The van der Waals surface area contributed by atoms with Crippen LogP contribution in [0.15, 0.2) is 64.0 Å². The van der Waals surface area contributed by atoms with Gasteiger partial charge in [0.2, 0.25) is 15.9 Å². The molecule has 8 heteroatoms. The predicted octanol–water partition coefficient (Wildman–Crippen LogP) is 4.50. The lowest BCUT2D eigenvalue weighted by atomic mass is 9.97. The summed E-state index contributed by atoms with van der Waals surface area (Å²) in [4.78, 5) is 12.7. The highest BCUT2D eigenvalue weighted by molar-refractivity contribution is 7.89. The Hall–Kier alpha value is -3.23. The van der Waals surface area contributed by atoms with Gasteiger partial charge < -0.3 is 9.84 Å². The van der Waals surface area contributed by atoms with Crippen LogP contribution < -0.4 is 5.32 Å².